The first-order valence-electron chi connectivity index (χ1n) is 8.72. The molecule has 0 radical (unpaired) electrons. The van der Waals surface area contributed by atoms with Gasteiger partial charge in [-0.1, -0.05) is 23.7 Å². The van der Waals surface area contributed by atoms with Crippen molar-refractivity contribution in [1.29, 1.82) is 0 Å². The van der Waals surface area contributed by atoms with E-state index in [0.29, 0.717) is 27.6 Å². The minimum atomic E-state index is -0.444. The van der Waals surface area contributed by atoms with E-state index in [1.165, 1.54) is 19.3 Å². The second kappa shape index (κ2) is 9.07. The van der Waals surface area contributed by atoms with Gasteiger partial charge < -0.3 is 20.4 Å². The Labute approximate surface area is 172 Å². The van der Waals surface area contributed by atoms with Gasteiger partial charge in [-0.3, -0.25) is 14.4 Å². The highest BCUT2D eigenvalue weighted by molar-refractivity contribution is 6.31. The Morgan fingerprint density at radius 2 is 1.72 bits per heavy atom. The molecule has 148 valence electrons. The number of rotatable bonds is 7. The van der Waals surface area contributed by atoms with Gasteiger partial charge in [0.1, 0.15) is 0 Å². The first kappa shape index (κ1) is 20.2. The predicted octanol–water partition coefficient (Wildman–Crippen LogP) is 4.44. The lowest BCUT2D eigenvalue weighted by atomic mass is 10.1. The van der Waals surface area contributed by atoms with Gasteiger partial charge in [0.2, 0.25) is 5.91 Å². The Bertz CT molecular complexity index is 1050. The molecule has 29 heavy (non-hydrogen) atoms. The van der Waals surface area contributed by atoms with E-state index >= 15 is 0 Å². The lowest BCUT2D eigenvalue weighted by Crippen LogP contribution is -2.23. The smallest absolute Gasteiger partial charge is 0.291 e. The molecule has 0 bridgehead atoms. The molecule has 0 aliphatic rings. The molecule has 0 aliphatic heterocycles. The van der Waals surface area contributed by atoms with Gasteiger partial charge >= 0.3 is 0 Å². The number of ketones is 1. The van der Waals surface area contributed by atoms with E-state index < -0.39 is 5.91 Å². The maximum absolute atomic E-state index is 12.3. The summed E-state index contributed by atoms with van der Waals surface area (Å²) in [6, 6.07) is 14.8. The van der Waals surface area contributed by atoms with Crippen LogP contribution in [0.3, 0.4) is 0 Å². The van der Waals surface area contributed by atoms with Crippen LogP contribution in [0.5, 0.6) is 0 Å². The Morgan fingerprint density at radius 3 is 2.45 bits per heavy atom. The number of carbonyl (C=O) groups excluding carboxylic acids is 3. The van der Waals surface area contributed by atoms with E-state index in [9.17, 15) is 14.4 Å². The maximum atomic E-state index is 12.3. The summed E-state index contributed by atoms with van der Waals surface area (Å²) >= 11 is 6.03. The molecule has 0 fully saturated rings. The van der Waals surface area contributed by atoms with Crippen LogP contribution < -0.4 is 16.0 Å². The van der Waals surface area contributed by atoms with E-state index in [-0.39, 0.29) is 24.0 Å². The lowest BCUT2D eigenvalue weighted by Gasteiger charge is -2.14. The van der Waals surface area contributed by atoms with Crippen LogP contribution in [0.2, 0.25) is 5.02 Å². The molecule has 3 N–H and O–H groups in total. The Morgan fingerprint density at radius 1 is 0.931 bits per heavy atom. The Hall–Kier alpha value is -3.58. The van der Waals surface area contributed by atoms with Crippen molar-refractivity contribution >= 4 is 46.3 Å². The first-order valence-corrected chi connectivity index (χ1v) is 9.10. The van der Waals surface area contributed by atoms with Crippen molar-refractivity contribution in [3.63, 3.8) is 0 Å². The van der Waals surface area contributed by atoms with Crippen LogP contribution in [-0.4, -0.2) is 24.1 Å². The van der Waals surface area contributed by atoms with Crippen LogP contribution in [0.1, 0.15) is 27.8 Å². The summed E-state index contributed by atoms with van der Waals surface area (Å²) in [6.07, 6.45) is 1.40. The number of carbonyl (C=O) groups is 3. The van der Waals surface area contributed by atoms with Crippen molar-refractivity contribution in [2.24, 2.45) is 0 Å². The van der Waals surface area contributed by atoms with Crippen LogP contribution >= 0.6 is 11.6 Å². The largest absolute Gasteiger partial charge is 0.459 e. The summed E-state index contributed by atoms with van der Waals surface area (Å²) in [5, 5.41) is 8.78. The van der Waals surface area contributed by atoms with Gasteiger partial charge in [0.25, 0.3) is 5.91 Å². The number of anilines is 3. The highest BCUT2D eigenvalue weighted by atomic mass is 35.5. The molecule has 0 unspecified atom stereocenters. The minimum absolute atomic E-state index is 0.0858. The van der Waals surface area contributed by atoms with Crippen molar-refractivity contribution in [1.82, 2.24) is 0 Å². The number of amides is 2. The van der Waals surface area contributed by atoms with Gasteiger partial charge in [-0.2, -0.15) is 0 Å². The van der Waals surface area contributed by atoms with Crippen molar-refractivity contribution in [3.05, 3.63) is 77.2 Å². The first-order chi connectivity index (χ1) is 13.9. The van der Waals surface area contributed by atoms with Crippen LogP contribution in [-0.2, 0) is 4.79 Å². The third-order valence-electron chi connectivity index (χ3n) is 3.99. The number of benzene rings is 2. The molecule has 7 nitrogen and oxygen atoms in total. The number of nitrogens with one attached hydrogen (secondary N) is 3. The van der Waals surface area contributed by atoms with Crippen LogP contribution in [0.25, 0.3) is 0 Å². The van der Waals surface area contributed by atoms with Crippen LogP contribution in [0.4, 0.5) is 17.1 Å². The Balaban J connectivity index is 1.68. The molecule has 2 amide bonds. The molecule has 8 heteroatoms. The molecule has 0 spiro atoms. The topological polar surface area (TPSA) is 100 Å². The lowest BCUT2D eigenvalue weighted by molar-refractivity contribution is -0.114. The standard InChI is InChI=1S/C21H18ClN3O4/c1-13(26)15-5-2-3-6-16(15)24-20(27)12-23-17-9-8-14(22)11-18(17)25-21(28)19-7-4-10-29-19/h2-11,23H,12H2,1H3,(H,24,27)(H,25,28). The molecular formula is C21H18ClN3O4. The zero-order valence-corrected chi connectivity index (χ0v) is 16.2. The molecular weight excluding hydrogens is 394 g/mol. The molecule has 0 saturated heterocycles. The van der Waals surface area contributed by atoms with Gasteiger partial charge in [-0.25, -0.2) is 0 Å². The highest BCUT2D eigenvalue weighted by Gasteiger charge is 2.14. The third-order valence-corrected chi connectivity index (χ3v) is 4.23. The number of hydrogen-bond acceptors (Lipinski definition) is 5. The molecule has 0 atom stereocenters. The quantitative estimate of drug-likeness (QED) is 0.499. The van der Waals surface area contributed by atoms with E-state index in [1.54, 1.807) is 48.5 Å². The fourth-order valence-corrected chi connectivity index (χ4v) is 2.81. The van der Waals surface area contributed by atoms with Gasteiger partial charge in [0.15, 0.2) is 11.5 Å². The molecule has 1 aromatic heterocycles. The molecule has 2 aromatic carbocycles. The number of Topliss-reactive ketones (excluding diaryl/α,β-unsaturated/α-hetero) is 1. The SMILES string of the molecule is CC(=O)c1ccccc1NC(=O)CNc1ccc(Cl)cc1NC(=O)c1ccco1. The number of hydrogen-bond donors (Lipinski definition) is 3. The van der Waals surface area contributed by atoms with Crippen LogP contribution in [0.15, 0.2) is 65.3 Å². The summed E-state index contributed by atoms with van der Waals surface area (Å²) in [7, 11) is 0. The van der Waals surface area contributed by atoms with Gasteiger partial charge in [0.05, 0.1) is 29.9 Å². The number of para-hydroxylation sites is 1. The zero-order valence-electron chi connectivity index (χ0n) is 15.5. The second-order valence-corrected chi connectivity index (χ2v) is 6.56. The average Bonchev–Trinajstić information content (AvgIpc) is 3.22. The predicted molar refractivity (Wildman–Crippen MR) is 112 cm³/mol. The van der Waals surface area contributed by atoms with Crippen molar-refractivity contribution in [3.8, 4) is 0 Å². The summed E-state index contributed by atoms with van der Waals surface area (Å²) < 4.78 is 5.08. The maximum Gasteiger partial charge on any atom is 0.291 e. The number of furan rings is 1. The fourth-order valence-electron chi connectivity index (χ4n) is 2.63. The third kappa shape index (κ3) is 5.24. The average molecular weight is 412 g/mol. The van der Waals surface area contributed by atoms with E-state index in [0.717, 1.165) is 0 Å². The normalized spacial score (nSPS) is 10.3. The van der Waals surface area contributed by atoms with E-state index in [1.807, 2.05) is 0 Å². The van der Waals surface area contributed by atoms with E-state index in [4.69, 9.17) is 16.0 Å². The van der Waals surface area contributed by atoms with Gasteiger partial charge in [-0.05, 0) is 49.4 Å². The summed E-state index contributed by atoms with van der Waals surface area (Å²) in [4.78, 5) is 36.2. The monoisotopic (exact) mass is 411 g/mol. The van der Waals surface area contributed by atoms with Gasteiger partial charge in [0, 0.05) is 10.6 Å². The minimum Gasteiger partial charge on any atom is -0.459 e. The fraction of sp³-hybridized carbons (Fsp3) is 0.0952. The summed E-state index contributed by atoms with van der Waals surface area (Å²) in [5.74, 6) is -0.791. The van der Waals surface area contributed by atoms with Crippen molar-refractivity contribution in [2.75, 3.05) is 22.5 Å². The number of halogens is 1. The zero-order chi connectivity index (χ0) is 20.8. The highest BCUT2D eigenvalue weighted by Crippen LogP contribution is 2.26. The van der Waals surface area contributed by atoms with Crippen molar-refractivity contribution in [2.45, 2.75) is 6.92 Å². The summed E-state index contributed by atoms with van der Waals surface area (Å²) in [5.41, 5.74) is 1.77. The van der Waals surface area contributed by atoms with Crippen LogP contribution in [0, 0.1) is 0 Å². The molecule has 0 saturated carbocycles. The summed E-state index contributed by atoms with van der Waals surface area (Å²) in [6.45, 7) is 1.35. The molecule has 0 aliphatic carbocycles. The van der Waals surface area contributed by atoms with Gasteiger partial charge in [-0.15, -0.1) is 0 Å². The Kier molecular flexibility index (Phi) is 6.31. The van der Waals surface area contributed by atoms with E-state index in [2.05, 4.69) is 16.0 Å². The van der Waals surface area contributed by atoms with Crippen molar-refractivity contribution < 1.29 is 18.8 Å². The molecule has 3 aromatic rings. The molecule has 3 rings (SSSR count). The molecule has 1 heterocycles. The second-order valence-electron chi connectivity index (χ2n) is 6.12.